The van der Waals surface area contributed by atoms with Gasteiger partial charge in [0.15, 0.2) is 11.5 Å². The van der Waals surface area contributed by atoms with Gasteiger partial charge >= 0.3 is 0 Å². The first-order chi connectivity index (χ1) is 18.9. The summed E-state index contributed by atoms with van der Waals surface area (Å²) in [7, 11) is 0.842. The summed E-state index contributed by atoms with van der Waals surface area (Å²) in [5.74, 6) is 1.68. The minimum Gasteiger partial charge on any atom is -0.497 e. The fourth-order valence-corrected chi connectivity index (χ4v) is 6.58. The number of pyridine rings is 1. The van der Waals surface area contributed by atoms with E-state index in [2.05, 4.69) is 33.5 Å². The largest absolute Gasteiger partial charge is 0.497 e. The molecule has 2 heterocycles. The van der Waals surface area contributed by atoms with Crippen LogP contribution in [0.15, 0.2) is 52.4 Å². The smallest absolute Gasteiger partial charge is 0.210 e. The van der Waals surface area contributed by atoms with Gasteiger partial charge in [0.1, 0.15) is 10.6 Å². The third-order valence-electron chi connectivity index (χ3n) is 7.50. The molecule has 0 amide bonds. The molecule has 39 heavy (non-hydrogen) atoms. The number of ether oxygens (including phenoxy) is 3. The van der Waals surface area contributed by atoms with Gasteiger partial charge in [0.05, 0.1) is 37.4 Å². The van der Waals surface area contributed by atoms with Crippen LogP contribution in [-0.4, -0.2) is 96.9 Å². The predicted molar refractivity (Wildman–Crippen MR) is 154 cm³/mol. The molecule has 1 fully saturated rings. The van der Waals surface area contributed by atoms with E-state index < -0.39 is 9.84 Å². The highest BCUT2D eigenvalue weighted by Crippen LogP contribution is 2.41. The second kappa shape index (κ2) is 12.8. The molecule has 1 aromatic heterocycles. The monoisotopic (exact) mass is 556 g/mol. The van der Waals surface area contributed by atoms with Crippen LogP contribution in [0.1, 0.15) is 20.3 Å². The molecule has 1 saturated heterocycles. The van der Waals surface area contributed by atoms with E-state index in [0.717, 1.165) is 51.1 Å². The van der Waals surface area contributed by atoms with E-state index in [-0.39, 0.29) is 9.79 Å². The molecule has 9 nitrogen and oxygen atoms in total. The van der Waals surface area contributed by atoms with Crippen molar-refractivity contribution in [3.8, 4) is 17.2 Å². The van der Waals surface area contributed by atoms with Crippen LogP contribution < -0.4 is 19.1 Å². The number of nitrogens with zero attached hydrogens (tertiary/aromatic N) is 4. The average molecular weight is 557 g/mol. The lowest BCUT2D eigenvalue weighted by Crippen LogP contribution is -2.47. The van der Waals surface area contributed by atoms with E-state index in [1.807, 2.05) is 6.07 Å². The Bertz CT molecular complexity index is 1350. The van der Waals surface area contributed by atoms with Crippen molar-refractivity contribution in [3.63, 3.8) is 0 Å². The first-order valence-corrected chi connectivity index (χ1v) is 15.0. The molecule has 0 spiro atoms. The number of benzene rings is 2. The maximum Gasteiger partial charge on any atom is 0.210 e. The van der Waals surface area contributed by atoms with Gasteiger partial charge in [-0.25, -0.2) is 8.42 Å². The van der Waals surface area contributed by atoms with Crippen LogP contribution in [-0.2, 0) is 9.84 Å². The summed E-state index contributed by atoms with van der Waals surface area (Å²) >= 11 is 0. The van der Waals surface area contributed by atoms with Gasteiger partial charge in [-0.1, -0.05) is 13.8 Å². The maximum absolute atomic E-state index is 14.0. The Labute approximate surface area is 232 Å². The Balaban J connectivity index is 1.70. The van der Waals surface area contributed by atoms with Crippen LogP contribution in [0.5, 0.6) is 17.2 Å². The van der Waals surface area contributed by atoms with Crippen molar-refractivity contribution in [2.45, 2.75) is 30.1 Å². The van der Waals surface area contributed by atoms with Crippen LogP contribution in [0.4, 0.5) is 5.69 Å². The molecule has 2 aromatic carbocycles. The summed E-state index contributed by atoms with van der Waals surface area (Å²) in [4.78, 5) is 12.0. The summed E-state index contributed by atoms with van der Waals surface area (Å²) in [5, 5.41) is 0.720. The summed E-state index contributed by atoms with van der Waals surface area (Å²) in [6.07, 6.45) is 2.59. The zero-order valence-corrected chi connectivity index (χ0v) is 24.5. The summed E-state index contributed by atoms with van der Waals surface area (Å²) in [5.41, 5.74) is 1.30. The van der Waals surface area contributed by atoms with Crippen LogP contribution in [0, 0.1) is 0 Å². The molecule has 1 aliphatic rings. The number of aromatic nitrogens is 1. The molecular formula is C29H40N4O5S. The number of fused-ring (bicyclic) bond motifs is 1. The number of hydrogen-bond donors (Lipinski definition) is 0. The highest BCUT2D eigenvalue weighted by Gasteiger charge is 2.29. The zero-order chi connectivity index (χ0) is 28.0. The summed E-state index contributed by atoms with van der Waals surface area (Å²) < 4.78 is 44.2. The molecule has 0 radical (unpaired) electrons. The number of anilines is 1. The zero-order valence-electron chi connectivity index (χ0n) is 23.6. The summed E-state index contributed by atoms with van der Waals surface area (Å²) in [6, 6.07) is 10.1. The first kappa shape index (κ1) is 28.9. The van der Waals surface area contributed by atoms with E-state index in [9.17, 15) is 8.42 Å². The van der Waals surface area contributed by atoms with Crippen molar-refractivity contribution in [1.29, 1.82) is 0 Å². The second-order valence-electron chi connectivity index (χ2n) is 9.58. The van der Waals surface area contributed by atoms with E-state index in [1.165, 1.54) is 6.20 Å². The number of hydrogen-bond acceptors (Lipinski definition) is 9. The van der Waals surface area contributed by atoms with E-state index >= 15 is 0 Å². The fraction of sp³-hybridized carbons (Fsp3) is 0.483. The van der Waals surface area contributed by atoms with E-state index in [0.29, 0.717) is 41.5 Å². The predicted octanol–water partition coefficient (Wildman–Crippen LogP) is 3.95. The van der Waals surface area contributed by atoms with Crippen LogP contribution in [0.25, 0.3) is 10.9 Å². The lowest BCUT2D eigenvalue weighted by molar-refractivity contribution is 0.227. The molecule has 0 saturated carbocycles. The third-order valence-corrected chi connectivity index (χ3v) is 9.27. The van der Waals surface area contributed by atoms with Gasteiger partial charge < -0.3 is 24.0 Å². The Morgan fingerprint density at radius 3 is 2.13 bits per heavy atom. The highest BCUT2D eigenvalue weighted by molar-refractivity contribution is 7.91. The molecule has 212 valence electrons. The van der Waals surface area contributed by atoms with Gasteiger partial charge in [0.25, 0.3) is 0 Å². The average Bonchev–Trinajstić information content (AvgIpc) is 2.98. The van der Waals surface area contributed by atoms with Gasteiger partial charge in [-0.3, -0.25) is 9.88 Å². The minimum atomic E-state index is -3.86. The van der Waals surface area contributed by atoms with Crippen molar-refractivity contribution in [2.75, 3.05) is 78.6 Å². The summed E-state index contributed by atoms with van der Waals surface area (Å²) in [6.45, 7) is 11.8. The Morgan fingerprint density at radius 2 is 1.54 bits per heavy atom. The molecule has 0 aliphatic carbocycles. The molecule has 0 unspecified atom stereocenters. The Hall–Kier alpha value is -3.08. The first-order valence-electron chi connectivity index (χ1n) is 13.5. The minimum absolute atomic E-state index is 0.183. The molecule has 4 rings (SSSR count). The Kier molecular flexibility index (Phi) is 9.53. The lowest BCUT2D eigenvalue weighted by atomic mass is 10.1. The lowest BCUT2D eigenvalue weighted by Gasteiger charge is -2.37. The quantitative estimate of drug-likeness (QED) is 0.329. The maximum atomic E-state index is 14.0. The van der Waals surface area contributed by atoms with Crippen LogP contribution >= 0.6 is 0 Å². The topological polar surface area (TPSA) is 84.4 Å². The molecule has 0 N–H and O–H groups in total. The van der Waals surface area contributed by atoms with Crippen molar-refractivity contribution < 1.29 is 22.6 Å². The number of rotatable bonds is 12. The fourth-order valence-electron chi connectivity index (χ4n) is 5.14. The second-order valence-corrected chi connectivity index (χ2v) is 11.5. The molecule has 0 bridgehead atoms. The number of methoxy groups -OCH3 is 3. The Morgan fingerprint density at radius 1 is 0.897 bits per heavy atom. The third kappa shape index (κ3) is 6.23. The van der Waals surface area contributed by atoms with Crippen LogP contribution in [0.2, 0.25) is 0 Å². The number of sulfone groups is 1. The van der Waals surface area contributed by atoms with Gasteiger partial charge in [-0.2, -0.15) is 0 Å². The van der Waals surface area contributed by atoms with Crippen molar-refractivity contribution >= 4 is 26.4 Å². The highest BCUT2D eigenvalue weighted by atomic mass is 32.2. The van der Waals surface area contributed by atoms with Gasteiger partial charge in [0.2, 0.25) is 9.84 Å². The van der Waals surface area contributed by atoms with Crippen molar-refractivity contribution in [1.82, 2.24) is 14.8 Å². The van der Waals surface area contributed by atoms with E-state index in [4.69, 9.17) is 14.2 Å². The van der Waals surface area contributed by atoms with Gasteiger partial charge in [0, 0.05) is 43.8 Å². The van der Waals surface area contributed by atoms with Crippen molar-refractivity contribution in [2.24, 2.45) is 0 Å². The molecule has 10 heteroatoms. The normalized spacial score (nSPS) is 14.7. The van der Waals surface area contributed by atoms with Crippen LogP contribution in [0.3, 0.4) is 0 Å². The van der Waals surface area contributed by atoms with E-state index in [1.54, 1.807) is 51.7 Å². The molecule has 3 aromatic rings. The SMILES string of the molecule is CCN(CC)CCCN1CCN(c2c(S(=O)(=O)c3ccc(OC)cc3)cnc3cc(OC)c(OC)cc23)CC1. The van der Waals surface area contributed by atoms with Gasteiger partial charge in [-0.05, 0) is 62.9 Å². The van der Waals surface area contributed by atoms with Crippen molar-refractivity contribution in [3.05, 3.63) is 42.6 Å². The molecular weight excluding hydrogens is 516 g/mol. The molecule has 1 aliphatic heterocycles. The van der Waals surface area contributed by atoms with Gasteiger partial charge in [-0.15, -0.1) is 0 Å². The number of piperazine rings is 1. The standard InChI is InChI=1S/C29H40N4O5S/c1-6-31(7-2)13-8-14-32-15-17-33(18-16-32)29-24-19-26(37-4)27(38-5)20-25(24)30-21-28(29)39(34,35)23-11-9-22(36-3)10-12-23/h9-12,19-21H,6-8,13-18H2,1-5H3. The molecule has 0 atom stereocenters.